The molecule has 0 aromatic heterocycles. The number of hydrazone groups is 1. The second kappa shape index (κ2) is 6.88. The van der Waals surface area contributed by atoms with Gasteiger partial charge >= 0.3 is 0 Å². The van der Waals surface area contributed by atoms with E-state index in [-0.39, 0.29) is 6.04 Å². The minimum atomic E-state index is -0.0200. The number of hydrazine groups is 1. The van der Waals surface area contributed by atoms with Gasteiger partial charge in [0.15, 0.2) is 0 Å². The quantitative estimate of drug-likeness (QED) is 0.322. The number of nitrogens with two attached hydrogens (primary N) is 2. The van der Waals surface area contributed by atoms with Crippen LogP contribution in [-0.2, 0) is 0 Å². The molecule has 2 aromatic rings. The number of rotatable bonds is 6. The predicted octanol–water partition coefficient (Wildman–Crippen LogP) is 1.57. The van der Waals surface area contributed by atoms with Gasteiger partial charge in [-0.25, -0.2) is 11.0 Å². The van der Waals surface area contributed by atoms with Crippen LogP contribution in [0, 0.1) is 0 Å². The van der Waals surface area contributed by atoms with Gasteiger partial charge in [-0.2, -0.15) is 5.10 Å². The molecule has 0 bridgehead atoms. The Morgan fingerprint density at radius 3 is 2.75 bits per heavy atom. The lowest BCUT2D eigenvalue weighted by atomic mass is 9.97. The molecular formula is C15H21N5. The molecule has 1 atom stereocenters. The molecule has 0 saturated carbocycles. The Balaban J connectivity index is 2.44. The maximum Gasteiger partial charge on any atom is 0.107 e. The molecule has 0 heterocycles. The first kappa shape index (κ1) is 14.3. The molecule has 2 aromatic carbocycles. The molecule has 0 amide bonds. The molecule has 5 N–H and O–H groups in total. The van der Waals surface area contributed by atoms with Crippen LogP contribution in [0.15, 0.2) is 47.6 Å². The van der Waals surface area contributed by atoms with E-state index in [2.05, 4.69) is 34.7 Å². The van der Waals surface area contributed by atoms with E-state index in [0.717, 1.165) is 18.5 Å². The number of nitrogens with zero attached hydrogens (tertiary/aromatic N) is 2. The van der Waals surface area contributed by atoms with Crippen molar-refractivity contribution in [2.24, 2.45) is 16.7 Å². The molecule has 20 heavy (non-hydrogen) atoms. The molecule has 0 aliphatic carbocycles. The Labute approximate surface area is 119 Å². The minimum Gasteiger partial charge on any atom is -0.388 e. The number of benzene rings is 2. The van der Waals surface area contributed by atoms with Gasteiger partial charge in [-0.05, 0) is 36.3 Å². The Morgan fingerprint density at radius 1 is 1.25 bits per heavy atom. The van der Waals surface area contributed by atoms with Crippen LogP contribution >= 0.6 is 0 Å². The largest absolute Gasteiger partial charge is 0.388 e. The molecule has 0 saturated heterocycles. The fourth-order valence-electron chi connectivity index (χ4n) is 2.41. The molecule has 5 heteroatoms. The van der Waals surface area contributed by atoms with Crippen LogP contribution in [-0.4, -0.2) is 25.0 Å². The summed E-state index contributed by atoms with van der Waals surface area (Å²) in [5, 5.41) is 11.0. The van der Waals surface area contributed by atoms with Gasteiger partial charge in [-0.3, -0.25) is 0 Å². The number of hydrogen-bond donors (Lipinski definition) is 3. The van der Waals surface area contributed by atoms with Crippen molar-refractivity contribution in [1.29, 1.82) is 0 Å². The van der Waals surface area contributed by atoms with Crippen molar-refractivity contribution in [1.82, 2.24) is 10.4 Å². The van der Waals surface area contributed by atoms with Gasteiger partial charge in [0.25, 0.3) is 0 Å². The first-order valence-corrected chi connectivity index (χ1v) is 6.68. The third kappa shape index (κ3) is 3.07. The van der Waals surface area contributed by atoms with Crippen molar-refractivity contribution in [2.75, 3.05) is 13.6 Å². The summed E-state index contributed by atoms with van der Waals surface area (Å²) in [5.41, 5.74) is 6.52. The fraction of sp³-hybridized carbons (Fsp3) is 0.267. The number of nitrogens with one attached hydrogen (secondary N) is 1. The lowest BCUT2D eigenvalue weighted by Gasteiger charge is -2.26. The van der Waals surface area contributed by atoms with E-state index >= 15 is 0 Å². The Morgan fingerprint density at radius 2 is 2.00 bits per heavy atom. The molecule has 106 valence electrons. The summed E-state index contributed by atoms with van der Waals surface area (Å²) in [5.74, 6) is 6.02. The molecule has 1 unspecified atom stereocenters. The van der Waals surface area contributed by atoms with Crippen LogP contribution in [0.25, 0.3) is 10.8 Å². The van der Waals surface area contributed by atoms with Gasteiger partial charge in [0.1, 0.15) is 6.34 Å². The molecule has 2 rings (SSSR count). The zero-order valence-corrected chi connectivity index (χ0v) is 11.7. The molecule has 0 spiro atoms. The van der Waals surface area contributed by atoms with Gasteiger partial charge < -0.3 is 11.1 Å². The summed E-state index contributed by atoms with van der Waals surface area (Å²) in [6, 6.07) is 14.5. The highest BCUT2D eigenvalue weighted by Crippen LogP contribution is 2.29. The summed E-state index contributed by atoms with van der Waals surface area (Å²) in [6.45, 7) is 0.849. The zero-order chi connectivity index (χ0) is 14.4. The summed E-state index contributed by atoms with van der Waals surface area (Å²) < 4.78 is 0. The van der Waals surface area contributed by atoms with E-state index < -0.39 is 0 Å². The predicted molar refractivity (Wildman–Crippen MR) is 83.9 cm³/mol. The van der Waals surface area contributed by atoms with E-state index in [4.69, 9.17) is 11.6 Å². The first-order chi connectivity index (χ1) is 9.77. The standard InChI is InChI=1S/C15H21N5/c1-18-10-9-15(20(17)19-11-16)14-8-4-6-12-5-2-3-7-13(12)14/h2-8,11,15,18H,9-10,17H2,1H3,(H2,16,19). The van der Waals surface area contributed by atoms with E-state index in [1.54, 1.807) is 0 Å². The molecule has 0 aliphatic heterocycles. The van der Waals surface area contributed by atoms with Crippen molar-refractivity contribution in [2.45, 2.75) is 12.5 Å². The third-order valence-electron chi connectivity index (χ3n) is 3.37. The Kier molecular flexibility index (Phi) is 4.92. The van der Waals surface area contributed by atoms with E-state index in [1.165, 1.54) is 22.2 Å². The highest BCUT2D eigenvalue weighted by molar-refractivity contribution is 5.86. The first-order valence-electron chi connectivity index (χ1n) is 6.68. The van der Waals surface area contributed by atoms with E-state index in [1.807, 2.05) is 25.2 Å². The summed E-state index contributed by atoms with van der Waals surface area (Å²) >= 11 is 0. The maximum absolute atomic E-state index is 6.02. The topological polar surface area (TPSA) is 79.7 Å². The normalized spacial score (nSPS) is 12.9. The number of fused-ring (bicyclic) bond motifs is 1. The van der Waals surface area contributed by atoms with Gasteiger partial charge in [0.05, 0.1) is 6.04 Å². The Hall–Kier alpha value is -2.11. The average Bonchev–Trinajstić information content (AvgIpc) is 2.48. The third-order valence-corrected chi connectivity index (χ3v) is 3.37. The van der Waals surface area contributed by atoms with Crippen molar-refractivity contribution in [3.05, 3.63) is 48.0 Å². The van der Waals surface area contributed by atoms with Crippen LogP contribution in [0.2, 0.25) is 0 Å². The molecule has 5 nitrogen and oxygen atoms in total. The lowest BCUT2D eigenvalue weighted by molar-refractivity contribution is 0.203. The van der Waals surface area contributed by atoms with Crippen molar-refractivity contribution < 1.29 is 0 Å². The van der Waals surface area contributed by atoms with E-state index in [0.29, 0.717) is 0 Å². The fourth-order valence-corrected chi connectivity index (χ4v) is 2.41. The highest BCUT2D eigenvalue weighted by Gasteiger charge is 2.18. The highest BCUT2D eigenvalue weighted by atomic mass is 15.6. The van der Waals surface area contributed by atoms with Gasteiger partial charge in [0.2, 0.25) is 0 Å². The molecule has 0 radical (unpaired) electrons. The molecular weight excluding hydrogens is 250 g/mol. The van der Waals surface area contributed by atoms with Crippen LogP contribution in [0.5, 0.6) is 0 Å². The summed E-state index contributed by atoms with van der Waals surface area (Å²) in [7, 11) is 1.92. The second-order valence-corrected chi connectivity index (χ2v) is 4.62. The smallest absolute Gasteiger partial charge is 0.107 e. The monoisotopic (exact) mass is 271 g/mol. The zero-order valence-electron chi connectivity index (χ0n) is 11.7. The average molecular weight is 271 g/mol. The number of hydrogen-bond acceptors (Lipinski definition) is 4. The maximum atomic E-state index is 6.02. The van der Waals surface area contributed by atoms with Crippen LogP contribution < -0.4 is 16.9 Å². The van der Waals surface area contributed by atoms with E-state index in [9.17, 15) is 0 Å². The van der Waals surface area contributed by atoms with Gasteiger partial charge in [-0.15, -0.1) is 0 Å². The molecule has 0 aliphatic rings. The van der Waals surface area contributed by atoms with Crippen molar-refractivity contribution >= 4 is 17.1 Å². The second-order valence-electron chi connectivity index (χ2n) is 4.62. The van der Waals surface area contributed by atoms with Gasteiger partial charge in [-0.1, -0.05) is 42.5 Å². The van der Waals surface area contributed by atoms with Crippen LogP contribution in [0.4, 0.5) is 0 Å². The van der Waals surface area contributed by atoms with Crippen LogP contribution in [0.3, 0.4) is 0 Å². The van der Waals surface area contributed by atoms with Gasteiger partial charge in [0, 0.05) is 0 Å². The van der Waals surface area contributed by atoms with Crippen molar-refractivity contribution in [3.8, 4) is 0 Å². The van der Waals surface area contributed by atoms with Crippen LogP contribution in [0.1, 0.15) is 18.0 Å². The molecule has 0 fully saturated rings. The Bertz CT molecular complexity index is 576. The summed E-state index contributed by atoms with van der Waals surface area (Å²) in [6.07, 6.45) is 2.07. The SMILES string of the molecule is CNCCC(c1cccc2ccccc12)N(N)/N=C\N. The minimum absolute atomic E-state index is 0.0200. The summed E-state index contributed by atoms with van der Waals surface area (Å²) in [4.78, 5) is 0. The van der Waals surface area contributed by atoms with Crippen molar-refractivity contribution in [3.63, 3.8) is 0 Å². The lowest BCUT2D eigenvalue weighted by Crippen LogP contribution is -2.33.